The molecule has 1 fully saturated rings. The zero-order valence-electron chi connectivity index (χ0n) is 18.2. The van der Waals surface area contributed by atoms with Crippen molar-refractivity contribution in [3.63, 3.8) is 0 Å². The Kier molecular flexibility index (Phi) is 7.48. The maximum absolute atomic E-state index is 12.6. The van der Waals surface area contributed by atoms with Crippen LogP contribution in [0.15, 0.2) is 53.5 Å². The van der Waals surface area contributed by atoms with E-state index in [1.54, 1.807) is 31.2 Å². The summed E-state index contributed by atoms with van der Waals surface area (Å²) in [5.41, 5.74) is 2.68. The van der Waals surface area contributed by atoms with Gasteiger partial charge < -0.3 is 25.2 Å². The monoisotopic (exact) mass is 423 g/mol. The predicted octanol–water partition coefficient (Wildman–Crippen LogP) is 1.47. The molecule has 0 spiro atoms. The minimum Gasteiger partial charge on any atom is -0.496 e. The molecule has 0 bridgehead atoms. The second-order valence-electron chi connectivity index (χ2n) is 7.34. The van der Waals surface area contributed by atoms with Crippen molar-refractivity contribution in [2.75, 3.05) is 40.8 Å². The number of carbonyl (C=O) groups is 2. The van der Waals surface area contributed by atoms with Gasteiger partial charge in [0, 0.05) is 51.4 Å². The van der Waals surface area contributed by atoms with E-state index >= 15 is 0 Å². The Morgan fingerprint density at radius 2 is 1.97 bits per heavy atom. The molecular formula is C23H29N5O3. The molecule has 0 aliphatic carbocycles. The van der Waals surface area contributed by atoms with E-state index in [1.807, 2.05) is 48.3 Å². The number of carbonyl (C=O) groups excluding carboxylic acids is 2. The first-order valence-electron chi connectivity index (χ1n) is 10.2. The number of guanidine groups is 1. The number of ether oxygens (including phenoxy) is 1. The largest absolute Gasteiger partial charge is 0.496 e. The van der Waals surface area contributed by atoms with Crippen LogP contribution < -0.4 is 15.4 Å². The zero-order valence-corrected chi connectivity index (χ0v) is 18.2. The lowest BCUT2D eigenvalue weighted by Crippen LogP contribution is -2.49. The minimum atomic E-state index is -0.123. The number of nitrogens with zero attached hydrogens (tertiary/aromatic N) is 3. The van der Waals surface area contributed by atoms with Crippen molar-refractivity contribution in [2.45, 2.75) is 13.1 Å². The number of benzene rings is 2. The van der Waals surface area contributed by atoms with Gasteiger partial charge in [-0.25, -0.2) is 0 Å². The van der Waals surface area contributed by atoms with Crippen LogP contribution in [0.4, 0.5) is 0 Å². The van der Waals surface area contributed by atoms with Crippen LogP contribution in [-0.2, 0) is 17.9 Å². The average Bonchev–Trinajstić information content (AvgIpc) is 2.80. The Bertz CT molecular complexity index is 942. The molecule has 0 atom stereocenters. The fourth-order valence-electron chi connectivity index (χ4n) is 3.49. The van der Waals surface area contributed by atoms with Crippen molar-refractivity contribution in [3.8, 4) is 5.75 Å². The highest BCUT2D eigenvalue weighted by molar-refractivity contribution is 5.97. The lowest BCUT2D eigenvalue weighted by molar-refractivity contribution is -0.123. The third-order valence-corrected chi connectivity index (χ3v) is 5.15. The van der Waals surface area contributed by atoms with E-state index < -0.39 is 0 Å². The van der Waals surface area contributed by atoms with Crippen LogP contribution in [0.5, 0.6) is 5.75 Å². The molecule has 0 aromatic heterocycles. The number of methoxy groups -OCH3 is 1. The van der Waals surface area contributed by atoms with E-state index in [0.29, 0.717) is 31.7 Å². The van der Waals surface area contributed by atoms with Crippen molar-refractivity contribution in [3.05, 3.63) is 65.2 Å². The fraction of sp³-hybridized carbons (Fsp3) is 0.348. The maximum atomic E-state index is 12.6. The molecule has 0 unspecified atom stereocenters. The Balaban J connectivity index is 1.57. The molecular weight excluding hydrogens is 394 g/mol. The lowest BCUT2D eigenvalue weighted by Gasteiger charge is -2.26. The second kappa shape index (κ2) is 10.5. The molecule has 0 radical (unpaired) electrons. The van der Waals surface area contributed by atoms with Crippen LogP contribution in [-0.4, -0.2) is 68.4 Å². The van der Waals surface area contributed by atoms with Gasteiger partial charge in [-0.05, 0) is 23.8 Å². The highest BCUT2D eigenvalue weighted by Crippen LogP contribution is 2.18. The molecule has 2 aromatic carbocycles. The number of aliphatic imine (C=N–C) groups is 1. The van der Waals surface area contributed by atoms with Gasteiger partial charge in [0.2, 0.25) is 5.91 Å². The van der Waals surface area contributed by atoms with Gasteiger partial charge in [0.25, 0.3) is 5.91 Å². The second-order valence-corrected chi connectivity index (χ2v) is 7.34. The van der Waals surface area contributed by atoms with Gasteiger partial charge in [-0.15, -0.1) is 0 Å². The first-order valence-corrected chi connectivity index (χ1v) is 10.2. The minimum absolute atomic E-state index is 0.108. The molecule has 1 aliphatic rings. The van der Waals surface area contributed by atoms with E-state index in [9.17, 15) is 9.59 Å². The summed E-state index contributed by atoms with van der Waals surface area (Å²) >= 11 is 0. The predicted molar refractivity (Wildman–Crippen MR) is 120 cm³/mol. The van der Waals surface area contributed by atoms with E-state index in [0.717, 1.165) is 22.8 Å². The number of amides is 2. The molecule has 3 rings (SSSR count). The molecule has 1 heterocycles. The molecule has 164 valence electrons. The van der Waals surface area contributed by atoms with Crippen molar-refractivity contribution >= 4 is 17.8 Å². The van der Waals surface area contributed by atoms with E-state index in [-0.39, 0.29) is 18.4 Å². The summed E-state index contributed by atoms with van der Waals surface area (Å²) in [4.78, 5) is 32.0. The van der Waals surface area contributed by atoms with Gasteiger partial charge in [-0.3, -0.25) is 14.6 Å². The molecule has 8 nitrogen and oxygen atoms in total. The van der Waals surface area contributed by atoms with Gasteiger partial charge in [0.1, 0.15) is 5.75 Å². The van der Waals surface area contributed by atoms with Gasteiger partial charge in [0.15, 0.2) is 5.96 Å². The number of nitrogens with one attached hydrogen (secondary N) is 2. The normalized spacial score (nSPS) is 14.1. The summed E-state index contributed by atoms with van der Waals surface area (Å²) in [5.74, 6) is 1.35. The van der Waals surface area contributed by atoms with Gasteiger partial charge in [-0.1, -0.05) is 30.3 Å². The molecule has 2 amide bonds. The van der Waals surface area contributed by atoms with Crippen molar-refractivity contribution < 1.29 is 14.3 Å². The van der Waals surface area contributed by atoms with Gasteiger partial charge in [-0.2, -0.15) is 0 Å². The number of hydrogen-bond acceptors (Lipinski definition) is 4. The van der Waals surface area contributed by atoms with E-state index in [2.05, 4.69) is 15.6 Å². The lowest BCUT2D eigenvalue weighted by atomic mass is 10.1. The SMILES string of the molecule is CN=C(NCc1ccc(C(=O)N2CCNC(=O)C2)cc1)N(C)Cc1ccccc1OC. The van der Waals surface area contributed by atoms with E-state index in [1.165, 1.54) is 0 Å². The number of rotatable bonds is 6. The summed E-state index contributed by atoms with van der Waals surface area (Å²) in [5, 5.41) is 6.08. The van der Waals surface area contributed by atoms with Crippen LogP contribution in [0.25, 0.3) is 0 Å². The summed E-state index contributed by atoms with van der Waals surface area (Å²) in [6, 6.07) is 15.3. The number of hydrogen-bond donors (Lipinski definition) is 2. The van der Waals surface area contributed by atoms with E-state index in [4.69, 9.17) is 4.74 Å². The first kappa shape index (κ1) is 22.1. The molecule has 31 heavy (non-hydrogen) atoms. The molecule has 8 heteroatoms. The van der Waals surface area contributed by atoms with Crippen LogP contribution in [0.3, 0.4) is 0 Å². The van der Waals surface area contributed by atoms with Crippen LogP contribution in [0, 0.1) is 0 Å². The Morgan fingerprint density at radius 1 is 1.23 bits per heavy atom. The third kappa shape index (κ3) is 5.75. The van der Waals surface area contributed by atoms with Crippen molar-refractivity contribution in [1.82, 2.24) is 20.4 Å². The highest BCUT2D eigenvalue weighted by Gasteiger charge is 2.22. The summed E-state index contributed by atoms with van der Waals surface area (Å²) < 4.78 is 5.43. The van der Waals surface area contributed by atoms with Crippen LogP contribution >= 0.6 is 0 Å². The van der Waals surface area contributed by atoms with Crippen LogP contribution in [0.1, 0.15) is 21.5 Å². The molecule has 1 aliphatic heterocycles. The van der Waals surface area contributed by atoms with Crippen molar-refractivity contribution in [1.29, 1.82) is 0 Å². The first-order chi connectivity index (χ1) is 15.0. The summed E-state index contributed by atoms with van der Waals surface area (Å²) in [7, 11) is 5.39. The van der Waals surface area contributed by atoms with Crippen molar-refractivity contribution in [2.24, 2.45) is 4.99 Å². The molecule has 0 saturated carbocycles. The van der Waals surface area contributed by atoms with Crippen LogP contribution in [0.2, 0.25) is 0 Å². The summed E-state index contributed by atoms with van der Waals surface area (Å²) in [6.07, 6.45) is 0. The van der Waals surface area contributed by atoms with Gasteiger partial charge in [0.05, 0.1) is 13.7 Å². The maximum Gasteiger partial charge on any atom is 0.254 e. The number of para-hydroxylation sites is 1. The third-order valence-electron chi connectivity index (χ3n) is 5.15. The topological polar surface area (TPSA) is 86.3 Å². The molecule has 2 aromatic rings. The Labute approximate surface area is 182 Å². The Hall–Kier alpha value is -3.55. The van der Waals surface area contributed by atoms with Gasteiger partial charge >= 0.3 is 0 Å². The standard InChI is InChI=1S/C23H29N5O3/c1-24-23(27(2)15-19-6-4-5-7-20(19)31-3)26-14-17-8-10-18(11-9-17)22(30)28-13-12-25-21(29)16-28/h4-11H,12-16H2,1-3H3,(H,24,26)(H,25,29). The zero-order chi connectivity index (χ0) is 22.2. The fourth-order valence-corrected chi connectivity index (χ4v) is 3.49. The average molecular weight is 424 g/mol. The quantitative estimate of drug-likeness (QED) is 0.543. The molecule has 1 saturated heterocycles. The smallest absolute Gasteiger partial charge is 0.254 e. The highest BCUT2D eigenvalue weighted by atomic mass is 16.5. The Morgan fingerprint density at radius 3 is 2.65 bits per heavy atom. The molecule has 2 N–H and O–H groups in total. The number of piperazine rings is 1. The summed E-state index contributed by atoms with van der Waals surface area (Å²) in [6.45, 7) is 2.36.